The second-order valence-corrected chi connectivity index (χ2v) is 7.33. The summed E-state index contributed by atoms with van der Waals surface area (Å²) >= 11 is 1.75. The molecule has 0 aliphatic carbocycles. The summed E-state index contributed by atoms with van der Waals surface area (Å²) in [4.78, 5) is 10.1. The maximum Gasteiger partial charge on any atom is 0.191 e. The van der Waals surface area contributed by atoms with Gasteiger partial charge in [0.2, 0.25) is 0 Å². The number of aryl methyl sites for hydroxylation is 2. The summed E-state index contributed by atoms with van der Waals surface area (Å²) in [6.07, 6.45) is 3.72. The average Bonchev–Trinajstić information content (AvgIpc) is 2.73. The van der Waals surface area contributed by atoms with E-state index in [-0.39, 0.29) is 0 Å². The number of rotatable bonds is 7. The van der Waals surface area contributed by atoms with E-state index in [1.54, 1.807) is 11.3 Å². The van der Waals surface area contributed by atoms with Gasteiger partial charge in [-0.15, -0.1) is 11.3 Å². The first kappa shape index (κ1) is 18.0. The normalized spacial score (nSPS) is 13.6. The van der Waals surface area contributed by atoms with E-state index in [0.29, 0.717) is 6.04 Å². The van der Waals surface area contributed by atoms with E-state index in [1.165, 1.54) is 24.1 Å². The maximum absolute atomic E-state index is 4.54. The minimum Gasteiger partial charge on any atom is -0.354 e. The molecule has 0 saturated carbocycles. The summed E-state index contributed by atoms with van der Waals surface area (Å²) in [5.74, 6) is 1.64. The highest BCUT2D eigenvalue weighted by Crippen LogP contribution is 2.15. The lowest BCUT2D eigenvalue weighted by atomic mass is 10.0. The zero-order valence-corrected chi connectivity index (χ0v) is 15.1. The molecule has 0 bridgehead atoms. The van der Waals surface area contributed by atoms with E-state index in [2.05, 4.69) is 55.2 Å². The average molecular weight is 311 g/mol. The zero-order chi connectivity index (χ0) is 15.8. The number of guanidine groups is 1. The third-order valence-electron chi connectivity index (χ3n) is 3.51. The Labute approximate surface area is 133 Å². The molecule has 1 atom stereocenters. The molecule has 5 heteroatoms. The van der Waals surface area contributed by atoms with Gasteiger partial charge in [-0.2, -0.15) is 0 Å². The van der Waals surface area contributed by atoms with Gasteiger partial charge in [-0.3, -0.25) is 4.99 Å². The second-order valence-electron chi connectivity index (χ2n) is 6.05. The van der Waals surface area contributed by atoms with Crippen molar-refractivity contribution in [3.8, 4) is 0 Å². The summed E-state index contributed by atoms with van der Waals surface area (Å²) in [6, 6.07) is 0.440. The van der Waals surface area contributed by atoms with Gasteiger partial charge in [0, 0.05) is 18.0 Å². The third kappa shape index (κ3) is 6.93. The van der Waals surface area contributed by atoms with Crippen LogP contribution in [-0.2, 0) is 6.54 Å². The van der Waals surface area contributed by atoms with Crippen molar-refractivity contribution >= 4 is 17.3 Å². The minimum absolute atomic E-state index is 0.440. The summed E-state index contributed by atoms with van der Waals surface area (Å²) in [6.45, 7) is 11.7. The molecule has 0 saturated heterocycles. The van der Waals surface area contributed by atoms with Crippen LogP contribution in [0.3, 0.4) is 0 Å². The molecular formula is C16H30N4S. The lowest BCUT2D eigenvalue weighted by Crippen LogP contribution is -2.41. The van der Waals surface area contributed by atoms with Crippen molar-refractivity contribution in [3.63, 3.8) is 0 Å². The quantitative estimate of drug-likeness (QED) is 0.597. The second kappa shape index (κ2) is 9.03. The fourth-order valence-electron chi connectivity index (χ4n) is 2.11. The highest BCUT2D eigenvalue weighted by Gasteiger charge is 2.08. The molecule has 4 nitrogen and oxygen atoms in total. The standard InChI is InChI=1S/C16H30N4S/c1-11(2)8-7-9-12(3)19-16(17-6)18-10-15-20-13(4)14(5)21-15/h11-12H,7-10H2,1-6H3,(H2,17,18,19). The van der Waals surface area contributed by atoms with E-state index < -0.39 is 0 Å². The predicted octanol–water partition coefficient (Wildman–Crippen LogP) is 3.64. The van der Waals surface area contributed by atoms with Crippen LogP contribution in [0.25, 0.3) is 0 Å². The molecule has 1 aromatic rings. The molecule has 2 N–H and O–H groups in total. The molecule has 0 amide bonds. The van der Waals surface area contributed by atoms with Gasteiger partial charge in [-0.25, -0.2) is 4.98 Å². The summed E-state index contributed by atoms with van der Waals surface area (Å²) < 4.78 is 0. The van der Waals surface area contributed by atoms with E-state index in [1.807, 2.05) is 7.05 Å². The van der Waals surface area contributed by atoms with Gasteiger partial charge in [0.25, 0.3) is 0 Å². The Morgan fingerprint density at radius 1 is 1.24 bits per heavy atom. The number of thiazole rings is 1. The van der Waals surface area contributed by atoms with Crippen molar-refractivity contribution in [2.75, 3.05) is 7.05 Å². The van der Waals surface area contributed by atoms with Gasteiger partial charge in [0.05, 0.1) is 12.2 Å². The van der Waals surface area contributed by atoms with E-state index in [9.17, 15) is 0 Å². The molecule has 0 aromatic carbocycles. The van der Waals surface area contributed by atoms with Crippen LogP contribution in [0, 0.1) is 19.8 Å². The van der Waals surface area contributed by atoms with Gasteiger partial charge in [-0.05, 0) is 33.1 Å². The predicted molar refractivity (Wildman–Crippen MR) is 93.1 cm³/mol. The monoisotopic (exact) mass is 310 g/mol. The topological polar surface area (TPSA) is 49.3 Å². The lowest BCUT2D eigenvalue weighted by molar-refractivity contribution is 0.491. The molecule has 0 aliphatic rings. The van der Waals surface area contributed by atoms with Crippen LogP contribution in [0.5, 0.6) is 0 Å². The Morgan fingerprint density at radius 2 is 1.95 bits per heavy atom. The Morgan fingerprint density at radius 3 is 2.48 bits per heavy atom. The first-order valence-electron chi connectivity index (χ1n) is 7.82. The number of aromatic nitrogens is 1. The van der Waals surface area contributed by atoms with Crippen molar-refractivity contribution in [3.05, 3.63) is 15.6 Å². The molecule has 21 heavy (non-hydrogen) atoms. The SMILES string of the molecule is CN=C(NCc1nc(C)c(C)s1)NC(C)CCCC(C)C. The number of hydrogen-bond donors (Lipinski definition) is 2. The van der Waals surface area contributed by atoms with Crippen LogP contribution in [0.15, 0.2) is 4.99 Å². The molecule has 0 fully saturated rings. The van der Waals surface area contributed by atoms with Gasteiger partial charge in [0.15, 0.2) is 5.96 Å². The molecule has 1 unspecified atom stereocenters. The Hall–Kier alpha value is -1.10. The number of nitrogens with one attached hydrogen (secondary N) is 2. The van der Waals surface area contributed by atoms with Crippen LogP contribution < -0.4 is 10.6 Å². The summed E-state index contributed by atoms with van der Waals surface area (Å²) in [5.41, 5.74) is 1.13. The zero-order valence-electron chi connectivity index (χ0n) is 14.3. The van der Waals surface area contributed by atoms with Crippen molar-refractivity contribution in [2.45, 2.75) is 66.5 Å². The number of aliphatic imine (C=N–C) groups is 1. The molecule has 1 heterocycles. The fourth-order valence-corrected chi connectivity index (χ4v) is 2.98. The smallest absolute Gasteiger partial charge is 0.191 e. The van der Waals surface area contributed by atoms with E-state index in [0.717, 1.165) is 29.1 Å². The highest BCUT2D eigenvalue weighted by atomic mass is 32.1. The highest BCUT2D eigenvalue weighted by molar-refractivity contribution is 7.11. The van der Waals surface area contributed by atoms with E-state index >= 15 is 0 Å². The fraction of sp³-hybridized carbons (Fsp3) is 0.750. The Balaban J connectivity index is 2.34. The first-order chi connectivity index (χ1) is 9.92. The maximum atomic E-state index is 4.54. The molecular weight excluding hydrogens is 280 g/mol. The van der Waals surface area contributed by atoms with Gasteiger partial charge < -0.3 is 10.6 Å². The van der Waals surface area contributed by atoms with Crippen LogP contribution >= 0.6 is 11.3 Å². The van der Waals surface area contributed by atoms with Crippen LogP contribution in [0.1, 0.15) is 55.6 Å². The lowest BCUT2D eigenvalue weighted by Gasteiger charge is -2.17. The molecule has 0 spiro atoms. The van der Waals surface area contributed by atoms with Crippen molar-refractivity contribution in [1.29, 1.82) is 0 Å². The van der Waals surface area contributed by atoms with Crippen LogP contribution in [0.4, 0.5) is 0 Å². The van der Waals surface area contributed by atoms with Crippen LogP contribution in [0.2, 0.25) is 0 Å². The number of hydrogen-bond acceptors (Lipinski definition) is 3. The molecule has 0 aliphatic heterocycles. The molecule has 120 valence electrons. The number of nitrogens with zero attached hydrogens (tertiary/aromatic N) is 2. The first-order valence-corrected chi connectivity index (χ1v) is 8.64. The van der Waals surface area contributed by atoms with E-state index in [4.69, 9.17) is 0 Å². The van der Waals surface area contributed by atoms with Crippen molar-refractivity contribution < 1.29 is 0 Å². The van der Waals surface area contributed by atoms with Gasteiger partial charge in [0.1, 0.15) is 5.01 Å². The summed E-state index contributed by atoms with van der Waals surface area (Å²) in [7, 11) is 1.81. The molecule has 1 rings (SSSR count). The van der Waals surface area contributed by atoms with Crippen molar-refractivity contribution in [1.82, 2.24) is 15.6 Å². The Bertz CT molecular complexity index is 432. The van der Waals surface area contributed by atoms with Gasteiger partial charge >= 0.3 is 0 Å². The largest absolute Gasteiger partial charge is 0.354 e. The van der Waals surface area contributed by atoms with Crippen molar-refractivity contribution in [2.24, 2.45) is 10.9 Å². The molecule has 0 radical (unpaired) electrons. The van der Waals surface area contributed by atoms with Gasteiger partial charge in [-0.1, -0.05) is 26.7 Å². The molecule has 1 aromatic heterocycles. The minimum atomic E-state index is 0.440. The third-order valence-corrected chi connectivity index (χ3v) is 4.58. The van der Waals surface area contributed by atoms with Crippen LogP contribution in [-0.4, -0.2) is 24.0 Å². The Kier molecular flexibility index (Phi) is 7.72. The summed E-state index contributed by atoms with van der Waals surface area (Å²) in [5, 5.41) is 7.90.